The minimum atomic E-state index is -0.587. The lowest BCUT2D eigenvalue weighted by atomic mass is 9.51. The van der Waals surface area contributed by atoms with Crippen molar-refractivity contribution in [1.29, 1.82) is 0 Å². The van der Waals surface area contributed by atoms with Gasteiger partial charge >= 0.3 is 0 Å². The second-order valence-corrected chi connectivity index (χ2v) is 11.0. The summed E-state index contributed by atoms with van der Waals surface area (Å²) in [5, 5.41) is 17.8. The highest BCUT2D eigenvalue weighted by Crippen LogP contribution is 2.55. The van der Waals surface area contributed by atoms with E-state index in [0.29, 0.717) is 12.3 Å². The molecule has 2 aromatic carbocycles. The van der Waals surface area contributed by atoms with Gasteiger partial charge < -0.3 is 20.5 Å². The minimum absolute atomic E-state index is 0.0112. The van der Waals surface area contributed by atoms with Gasteiger partial charge in [0.15, 0.2) is 6.61 Å². The Labute approximate surface area is 214 Å². The van der Waals surface area contributed by atoms with Gasteiger partial charge in [0, 0.05) is 18.5 Å². The van der Waals surface area contributed by atoms with Crippen molar-refractivity contribution in [1.82, 2.24) is 10.6 Å². The lowest BCUT2D eigenvalue weighted by Crippen LogP contribution is -2.58. The average molecular weight is 493 g/mol. The van der Waals surface area contributed by atoms with Crippen LogP contribution < -0.4 is 15.4 Å². The summed E-state index contributed by atoms with van der Waals surface area (Å²) < 4.78 is 5.62. The number of amides is 2. The summed E-state index contributed by atoms with van der Waals surface area (Å²) >= 11 is 0. The third kappa shape index (κ3) is 5.92. The summed E-state index contributed by atoms with van der Waals surface area (Å²) in [6.07, 6.45) is 3.07. The van der Waals surface area contributed by atoms with Gasteiger partial charge in [-0.3, -0.25) is 9.59 Å². The Kier molecular flexibility index (Phi) is 8.35. The van der Waals surface area contributed by atoms with Crippen molar-refractivity contribution in [3.8, 4) is 5.75 Å². The fourth-order valence-electron chi connectivity index (χ4n) is 6.55. The molecule has 2 aliphatic rings. The van der Waals surface area contributed by atoms with Crippen LogP contribution in [0.2, 0.25) is 0 Å². The zero-order valence-corrected chi connectivity index (χ0v) is 21.7. The average Bonchev–Trinajstić information content (AvgIpc) is 2.89. The SMILES string of the molecule is C[C@H]1[C@@H]2[C@@H](O)C([C@H](C)C(=O)NCc3ccccc3)CC[C@@]2(C)CC[C@@H]1NC(=O)COc1ccccc1. The zero-order chi connectivity index (χ0) is 25.7. The molecule has 0 heterocycles. The number of hydrogen-bond acceptors (Lipinski definition) is 4. The largest absolute Gasteiger partial charge is 0.484 e. The number of fused-ring (bicyclic) bond motifs is 1. The van der Waals surface area contributed by atoms with Crippen molar-refractivity contribution in [2.24, 2.45) is 29.1 Å². The molecular weight excluding hydrogens is 452 g/mol. The lowest BCUT2D eigenvalue weighted by molar-refractivity contribution is -0.144. The van der Waals surface area contributed by atoms with Crippen molar-refractivity contribution in [3.63, 3.8) is 0 Å². The number of para-hydroxylation sites is 1. The fraction of sp³-hybridized carbons (Fsp3) is 0.533. The van der Waals surface area contributed by atoms with Gasteiger partial charge in [0.05, 0.1) is 6.10 Å². The van der Waals surface area contributed by atoms with Crippen molar-refractivity contribution in [2.45, 2.75) is 65.1 Å². The van der Waals surface area contributed by atoms with Crippen molar-refractivity contribution >= 4 is 11.8 Å². The molecule has 2 aromatic rings. The third-order valence-corrected chi connectivity index (χ3v) is 8.71. The molecule has 0 aliphatic heterocycles. The number of hydrogen-bond donors (Lipinski definition) is 3. The maximum Gasteiger partial charge on any atom is 0.258 e. The zero-order valence-electron chi connectivity index (χ0n) is 21.7. The number of carbonyl (C=O) groups is 2. The van der Waals surface area contributed by atoms with Crippen LogP contribution >= 0.6 is 0 Å². The van der Waals surface area contributed by atoms with Crippen LogP contribution in [0, 0.1) is 29.1 Å². The van der Waals surface area contributed by atoms with Crippen molar-refractivity contribution < 1.29 is 19.4 Å². The number of aliphatic hydroxyl groups is 1. The van der Waals surface area contributed by atoms with Crippen LogP contribution in [0.15, 0.2) is 60.7 Å². The third-order valence-electron chi connectivity index (χ3n) is 8.71. The van der Waals surface area contributed by atoms with E-state index in [1.165, 1.54) is 0 Å². The van der Waals surface area contributed by atoms with E-state index in [2.05, 4.69) is 24.5 Å². The van der Waals surface area contributed by atoms with Crippen LogP contribution in [-0.4, -0.2) is 35.7 Å². The Hall–Kier alpha value is -2.86. The minimum Gasteiger partial charge on any atom is -0.484 e. The normalized spacial score (nSPS) is 30.5. The summed E-state index contributed by atoms with van der Waals surface area (Å²) in [5.74, 6) is 0.248. The van der Waals surface area contributed by atoms with Crippen LogP contribution in [0.3, 0.4) is 0 Å². The molecule has 2 saturated carbocycles. The molecule has 4 rings (SSSR count). The van der Waals surface area contributed by atoms with Gasteiger partial charge in [-0.25, -0.2) is 0 Å². The Morgan fingerprint density at radius 2 is 1.69 bits per heavy atom. The molecule has 0 radical (unpaired) electrons. The van der Waals surface area contributed by atoms with Gasteiger partial charge in [-0.15, -0.1) is 0 Å². The quantitative estimate of drug-likeness (QED) is 0.512. The first-order valence-corrected chi connectivity index (χ1v) is 13.3. The summed E-state index contributed by atoms with van der Waals surface area (Å²) in [4.78, 5) is 25.6. The molecule has 0 bridgehead atoms. The number of nitrogens with one attached hydrogen (secondary N) is 2. The summed E-state index contributed by atoms with van der Waals surface area (Å²) in [6, 6.07) is 19.2. The number of carbonyl (C=O) groups excluding carboxylic acids is 2. The van der Waals surface area contributed by atoms with Gasteiger partial charge in [-0.05, 0) is 66.5 Å². The predicted octanol–water partition coefficient (Wildman–Crippen LogP) is 4.33. The van der Waals surface area contributed by atoms with E-state index in [4.69, 9.17) is 4.74 Å². The first-order valence-electron chi connectivity index (χ1n) is 13.3. The molecule has 194 valence electrons. The summed E-state index contributed by atoms with van der Waals surface area (Å²) in [7, 11) is 0. The lowest BCUT2D eigenvalue weighted by Gasteiger charge is -2.56. The molecule has 36 heavy (non-hydrogen) atoms. The maximum absolute atomic E-state index is 13.0. The number of benzene rings is 2. The first-order chi connectivity index (χ1) is 17.3. The number of ether oxygens (including phenoxy) is 1. The molecule has 3 N–H and O–H groups in total. The summed E-state index contributed by atoms with van der Waals surface area (Å²) in [5.41, 5.74) is 1.07. The highest BCUT2D eigenvalue weighted by molar-refractivity contribution is 5.79. The molecule has 7 atom stereocenters. The Morgan fingerprint density at radius 3 is 2.39 bits per heavy atom. The Morgan fingerprint density at radius 1 is 1.06 bits per heavy atom. The molecule has 1 unspecified atom stereocenters. The highest BCUT2D eigenvalue weighted by atomic mass is 16.5. The van der Waals surface area contributed by atoms with Crippen LogP contribution in [0.4, 0.5) is 0 Å². The number of rotatable bonds is 8. The fourth-order valence-corrected chi connectivity index (χ4v) is 6.55. The van der Waals surface area contributed by atoms with E-state index in [1.807, 2.05) is 67.6 Å². The topological polar surface area (TPSA) is 87.7 Å². The van der Waals surface area contributed by atoms with Gasteiger partial charge in [-0.2, -0.15) is 0 Å². The highest BCUT2D eigenvalue weighted by Gasteiger charge is 2.53. The van der Waals surface area contributed by atoms with Crippen molar-refractivity contribution in [2.75, 3.05) is 6.61 Å². The van der Waals surface area contributed by atoms with Crippen LogP contribution in [0.1, 0.15) is 52.0 Å². The van der Waals surface area contributed by atoms with Gasteiger partial charge in [0.25, 0.3) is 5.91 Å². The molecule has 2 amide bonds. The van der Waals surface area contributed by atoms with Gasteiger partial charge in [0.2, 0.25) is 5.91 Å². The maximum atomic E-state index is 13.0. The van der Waals surface area contributed by atoms with E-state index in [-0.39, 0.29) is 53.5 Å². The Bertz CT molecular complexity index is 1010. The Balaban J connectivity index is 1.36. The molecule has 6 heteroatoms. The van der Waals surface area contributed by atoms with Gasteiger partial charge in [-0.1, -0.05) is 69.3 Å². The smallest absolute Gasteiger partial charge is 0.258 e. The predicted molar refractivity (Wildman–Crippen MR) is 140 cm³/mol. The van der Waals surface area contributed by atoms with E-state index in [0.717, 1.165) is 31.2 Å². The summed E-state index contributed by atoms with van der Waals surface area (Å²) in [6.45, 7) is 6.80. The van der Waals surface area contributed by atoms with E-state index >= 15 is 0 Å². The molecule has 2 aliphatic carbocycles. The second-order valence-electron chi connectivity index (χ2n) is 11.0. The van der Waals surface area contributed by atoms with Crippen LogP contribution in [0.5, 0.6) is 5.75 Å². The molecular formula is C30H40N2O4. The number of aliphatic hydroxyl groups excluding tert-OH is 1. The monoisotopic (exact) mass is 492 g/mol. The second kappa shape index (κ2) is 11.5. The molecule has 6 nitrogen and oxygen atoms in total. The van der Waals surface area contributed by atoms with Gasteiger partial charge in [0.1, 0.15) is 5.75 Å². The first kappa shape index (κ1) is 26.2. The molecule has 0 saturated heterocycles. The van der Waals surface area contributed by atoms with Crippen LogP contribution in [0.25, 0.3) is 0 Å². The molecule has 2 fully saturated rings. The molecule has 0 aromatic heterocycles. The van der Waals surface area contributed by atoms with E-state index < -0.39 is 6.10 Å². The standard InChI is InChI=1S/C30H40N2O4/c1-20(29(35)31-18-22-10-6-4-7-11-22)24-14-16-30(3)17-15-25(21(2)27(30)28(24)34)32-26(33)19-36-23-12-8-5-9-13-23/h4-13,20-21,24-25,27-28,34H,14-19H2,1-3H3,(H,31,35)(H,32,33)/t20-,21+,24?,25-,27+,28-,30-/m0/s1. The van der Waals surface area contributed by atoms with Crippen molar-refractivity contribution in [3.05, 3.63) is 66.2 Å². The molecule has 0 spiro atoms. The van der Waals surface area contributed by atoms with Crippen LogP contribution in [-0.2, 0) is 16.1 Å². The van der Waals surface area contributed by atoms with E-state index in [1.54, 1.807) is 0 Å². The van der Waals surface area contributed by atoms with E-state index in [9.17, 15) is 14.7 Å².